The summed E-state index contributed by atoms with van der Waals surface area (Å²) in [5.41, 5.74) is 0.117. The Morgan fingerprint density at radius 2 is 2.38 bits per heavy atom. The summed E-state index contributed by atoms with van der Waals surface area (Å²) in [5.74, 6) is -0.590. The standard InChI is InChI=1S/C9H7N3O4/c1-16-9(13)7-5-10-8-6(12(14)15)3-2-4-11(7)8/h2-5H,1H3. The van der Waals surface area contributed by atoms with Crippen molar-refractivity contribution in [1.29, 1.82) is 0 Å². The van der Waals surface area contributed by atoms with Crippen LogP contribution < -0.4 is 0 Å². The summed E-state index contributed by atoms with van der Waals surface area (Å²) < 4.78 is 5.86. The summed E-state index contributed by atoms with van der Waals surface area (Å²) in [6, 6.07) is 2.79. The summed E-state index contributed by atoms with van der Waals surface area (Å²) in [6.45, 7) is 0. The number of esters is 1. The van der Waals surface area contributed by atoms with Gasteiger partial charge in [0.05, 0.1) is 18.2 Å². The summed E-state index contributed by atoms with van der Waals surface area (Å²) >= 11 is 0. The molecular formula is C9H7N3O4. The average molecular weight is 221 g/mol. The van der Waals surface area contributed by atoms with Crippen molar-refractivity contribution in [3.05, 3.63) is 40.3 Å². The van der Waals surface area contributed by atoms with Crippen LogP contribution in [-0.2, 0) is 4.74 Å². The van der Waals surface area contributed by atoms with Crippen LogP contribution in [0.5, 0.6) is 0 Å². The smallest absolute Gasteiger partial charge is 0.356 e. The van der Waals surface area contributed by atoms with Gasteiger partial charge in [0, 0.05) is 12.3 Å². The van der Waals surface area contributed by atoms with Crippen molar-refractivity contribution in [2.45, 2.75) is 0 Å². The fourth-order valence-corrected chi connectivity index (χ4v) is 1.39. The number of nitrogens with zero attached hydrogens (tertiary/aromatic N) is 3. The molecule has 2 rings (SSSR count). The number of rotatable bonds is 2. The van der Waals surface area contributed by atoms with E-state index in [1.54, 1.807) is 0 Å². The topological polar surface area (TPSA) is 86.7 Å². The average Bonchev–Trinajstić information content (AvgIpc) is 2.71. The molecule has 2 aromatic heterocycles. The van der Waals surface area contributed by atoms with Crippen LogP contribution >= 0.6 is 0 Å². The van der Waals surface area contributed by atoms with Crippen molar-refractivity contribution in [1.82, 2.24) is 9.38 Å². The van der Waals surface area contributed by atoms with Crippen LogP contribution in [0.4, 0.5) is 5.69 Å². The second kappa shape index (κ2) is 3.61. The summed E-state index contributed by atoms with van der Waals surface area (Å²) in [5, 5.41) is 10.7. The molecule has 0 bridgehead atoms. The number of fused-ring (bicyclic) bond motifs is 1. The molecule has 0 saturated heterocycles. The van der Waals surface area contributed by atoms with E-state index >= 15 is 0 Å². The Morgan fingerprint density at radius 1 is 1.62 bits per heavy atom. The first-order valence-electron chi connectivity index (χ1n) is 4.34. The van der Waals surface area contributed by atoms with Gasteiger partial charge in [-0.3, -0.25) is 14.5 Å². The van der Waals surface area contributed by atoms with Crippen molar-refractivity contribution in [3.63, 3.8) is 0 Å². The fraction of sp³-hybridized carbons (Fsp3) is 0.111. The Labute approximate surface area is 89.4 Å². The van der Waals surface area contributed by atoms with Gasteiger partial charge in [-0.1, -0.05) is 0 Å². The molecule has 0 radical (unpaired) electrons. The predicted molar refractivity (Wildman–Crippen MR) is 53.2 cm³/mol. The minimum Gasteiger partial charge on any atom is -0.464 e. The van der Waals surface area contributed by atoms with Crippen LogP contribution in [0.15, 0.2) is 24.5 Å². The van der Waals surface area contributed by atoms with E-state index in [0.29, 0.717) is 0 Å². The van der Waals surface area contributed by atoms with Gasteiger partial charge in [-0.25, -0.2) is 9.78 Å². The highest BCUT2D eigenvalue weighted by atomic mass is 16.6. The summed E-state index contributed by atoms with van der Waals surface area (Å²) in [7, 11) is 1.24. The monoisotopic (exact) mass is 221 g/mol. The molecule has 0 N–H and O–H groups in total. The van der Waals surface area contributed by atoms with Gasteiger partial charge in [0.15, 0.2) is 5.69 Å². The molecule has 0 saturated carbocycles. The molecule has 16 heavy (non-hydrogen) atoms. The number of pyridine rings is 1. The first kappa shape index (κ1) is 10.1. The van der Waals surface area contributed by atoms with Crippen molar-refractivity contribution >= 4 is 17.3 Å². The number of imidazole rings is 1. The van der Waals surface area contributed by atoms with Gasteiger partial charge >= 0.3 is 11.7 Å². The molecule has 0 spiro atoms. The van der Waals surface area contributed by atoms with E-state index in [4.69, 9.17) is 0 Å². The van der Waals surface area contributed by atoms with E-state index in [0.717, 1.165) is 0 Å². The maximum Gasteiger partial charge on any atom is 0.356 e. The summed E-state index contributed by atoms with van der Waals surface area (Å²) in [6.07, 6.45) is 2.76. The highest BCUT2D eigenvalue weighted by Crippen LogP contribution is 2.19. The third-order valence-electron chi connectivity index (χ3n) is 2.11. The Bertz CT molecular complexity index is 575. The predicted octanol–water partition coefficient (Wildman–Crippen LogP) is 1.03. The van der Waals surface area contributed by atoms with Crippen LogP contribution in [0, 0.1) is 10.1 Å². The highest BCUT2D eigenvalue weighted by Gasteiger charge is 2.18. The van der Waals surface area contributed by atoms with E-state index in [9.17, 15) is 14.9 Å². The van der Waals surface area contributed by atoms with Crippen LogP contribution in [0.2, 0.25) is 0 Å². The number of hydrogen-bond donors (Lipinski definition) is 0. The van der Waals surface area contributed by atoms with Gasteiger partial charge in [0.1, 0.15) is 0 Å². The van der Waals surface area contributed by atoms with Gasteiger partial charge in [-0.15, -0.1) is 0 Å². The second-order valence-electron chi connectivity index (χ2n) is 2.98. The van der Waals surface area contributed by atoms with Crippen LogP contribution in [-0.4, -0.2) is 27.4 Å². The Hall–Kier alpha value is -2.44. The molecule has 7 heteroatoms. The Morgan fingerprint density at radius 3 is 3.00 bits per heavy atom. The largest absolute Gasteiger partial charge is 0.464 e. The third-order valence-corrected chi connectivity index (χ3v) is 2.11. The van der Waals surface area contributed by atoms with E-state index in [1.165, 1.54) is 36.0 Å². The zero-order valence-electron chi connectivity index (χ0n) is 8.28. The number of carbonyl (C=O) groups is 1. The van der Waals surface area contributed by atoms with E-state index in [2.05, 4.69) is 9.72 Å². The quantitative estimate of drug-likeness (QED) is 0.429. The number of aromatic nitrogens is 2. The van der Waals surface area contributed by atoms with Gasteiger partial charge in [-0.05, 0) is 6.07 Å². The molecule has 0 fully saturated rings. The zero-order chi connectivity index (χ0) is 11.7. The van der Waals surface area contributed by atoms with Gasteiger partial charge < -0.3 is 4.74 Å². The molecule has 0 aliphatic rings. The van der Waals surface area contributed by atoms with Gasteiger partial charge in [0.25, 0.3) is 0 Å². The lowest BCUT2D eigenvalue weighted by molar-refractivity contribution is -0.383. The highest BCUT2D eigenvalue weighted by molar-refractivity contribution is 5.88. The molecular weight excluding hydrogens is 214 g/mol. The van der Waals surface area contributed by atoms with Gasteiger partial charge in [0.2, 0.25) is 5.65 Å². The first-order valence-corrected chi connectivity index (χ1v) is 4.34. The molecule has 0 atom stereocenters. The van der Waals surface area contributed by atoms with Crippen LogP contribution in [0.1, 0.15) is 10.5 Å². The van der Waals surface area contributed by atoms with E-state index in [1.807, 2.05) is 0 Å². The van der Waals surface area contributed by atoms with E-state index < -0.39 is 10.9 Å². The molecule has 0 aliphatic heterocycles. The number of hydrogen-bond acceptors (Lipinski definition) is 5. The maximum atomic E-state index is 11.3. The lowest BCUT2D eigenvalue weighted by Gasteiger charge is -1.99. The van der Waals surface area contributed by atoms with Crippen molar-refractivity contribution in [3.8, 4) is 0 Å². The maximum absolute atomic E-state index is 11.3. The van der Waals surface area contributed by atoms with Crippen molar-refractivity contribution in [2.75, 3.05) is 7.11 Å². The molecule has 0 unspecified atom stereocenters. The molecule has 7 nitrogen and oxygen atoms in total. The van der Waals surface area contributed by atoms with Gasteiger partial charge in [-0.2, -0.15) is 0 Å². The van der Waals surface area contributed by atoms with Crippen molar-refractivity contribution < 1.29 is 14.5 Å². The minimum atomic E-state index is -0.590. The molecule has 2 aromatic rings. The number of methoxy groups -OCH3 is 1. The normalized spacial score (nSPS) is 10.3. The fourth-order valence-electron chi connectivity index (χ4n) is 1.39. The zero-order valence-corrected chi connectivity index (χ0v) is 8.28. The molecule has 0 aliphatic carbocycles. The first-order chi connectivity index (χ1) is 7.65. The number of ether oxygens (including phenoxy) is 1. The lowest BCUT2D eigenvalue weighted by Crippen LogP contribution is -2.05. The second-order valence-corrected chi connectivity index (χ2v) is 2.98. The lowest BCUT2D eigenvalue weighted by atomic mass is 10.4. The number of nitro groups is 1. The summed E-state index contributed by atoms with van der Waals surface area (Å²) in [4.78, 5) is 25.3. The Kier molecular flexibility index (Phi) is 2.28. The van der Waals surface area contributed by atoms with Crippen LogP contribution in [0.3, 0.4) is 0 Å². The molecule has 82 valence electrons. The third kappa shape index (κ3) is 1.38. The molecule has 0 amide bonds. The SMILES string of the molecule is COC(=O)c1cnc2c([N+](=O)[O-])cccn12. The van der Waals surface area contributed by atoms with Crippen LogP contribution in [0.25, 0.3) is 5.65 Å². The number of carbonyl (C=O) groups excluding carboxylic acids is 1. The molecule has 2 heterocycles. The minimum absolute atomic E-state index is 0.118. The Balaban J connectivity index is 2.71. The van der Waals surface area contributed by atoms with Crippen molar-refractivity contribution in [2.24, 2.45) is 0 Å². The van der Waals surface area contributed by atoms with E-state index in [-0.39, 0.29) is 17.0 Å². The molecule has 0 aromatic carbocycles.